The molecular weight excluding hydrogens is 223 g/mol. The van der Waals surface area contributed by atoms with Gasteiger partial charge in [0.1, 0.15) is 5.84 Å². The van der Waals surface area contributed by atoms with E-state index in [9.17, 15) is 0 Å². The van der Waals surface area contributed by atoms with Crippen LogP contribution in [0.4, 0.5) is 0 Å². The van der Waals surface area contributed by atoms with E-state index in [1.165, 1.54) is 0 Å². The van der Waals surface area contributed by atoms with Crippen molar-refractivity contribution in [3.05, 3.63) is 33.8 Å². The van der Waals surface area contributed by atoms with Crippen LogP contribution in [0.3, 0.4) is 0 Å². The van der Waals surface area contributed by atoms with Gasteiger partial charge in [0.2, 0.25) is 0 Å². The number of nitrogens with zero attached hydrogens (tertiary/aromatic N) is 1. The molecule has 0 atom stereocenters. The molecule has 1 aromatic rings. The molecule has 74 valence electrons. The minimum absolute atomic E-state index is 0.568. The van der Waals surface area contributed by atoms with E-state index in [0.717, 1.165) is 11.4 Å². The van der Waals surface area contributed by atoms with Gasteiger partial charge in [0, 0.05) is 16.5 Å². The zero-order valence-corrected chi connectivity index (χ0v) is 8.65. The van der Waals surface area contributed by atoms with Gasteiger partial charge in [-0.15, -0.1) is 10.6 Å². The summed E-state index contributed by atoms with van der Waals surface area (Å²) < 4.78 is 0. The fourth-order valence-corrected chi connectivity index (χ4v) is 1.71. The smallest absolute Gasteiger partial charge is 0.143 e. The number of hydrogen-bond acceptors (Lipinski definition) is 4. The summed E-state index contributed by atoms with van der Waals surface area (Å²) in [5.74, 6) is 0.750. The molecule has 0 radical (unpaired) electrons. The van der Waals surface area contributed by atoms with E-state index in [1.807, 2.05) is 6.07 Å². The lowest BCUT2D eigenvalue weighted by molar-refractivity contribution is 0.576. The summed E-state index contributed by atoms with van der Waals surface area (Å²) >= 11 is 12.0. The maximum Gasteiger partial charge on any atom is 0.143 e. The van der Waals surface area contributed by atoms with Crippen molar-refractivity contribution in [2.75, 3.05) is 0 Å². The molecule has 1 aromatic carbocycles. The molecule has 0 amide bonds. The van der Waals surface area contributed by atoms with Gasteiger partial charge in [-0.1, -0.05) is 29.3 Å². The Kier molecular flexibility index (Phi) is 2.77. The second-order valence-electron chi connectivity index (χ2n) is 2.80. The van der Waals surface area contributed by atoms with Crippen LogP contribution in [0.25, 0.3) is 0 Å². The molecule has 4 nitrogen and oxygen atoms in total. The molecule has 0 aliphatic carbocycles. The summed E-state index contributed by atoms with van der Waals surface area (Å²) in [6.07, 6.45) is 0.568. The van der Waals surface area contributed by atoms with Crippen LogP contribution >= 0.6 is 23.2 Å². The van der Waals surface area contributed by atoms with E-state index in [-0.39, 0.29) is 0 Å². The Morgan fingerprint density at radius 1 is 1.21 bits per heavy atom. The predicted octanol–water partition coefficient (Wildman–Crippen LogP) is 1.46. The van der Waals surface area contributed by atoms with Crippen LogP contribution in [-0.4, -0.2) is 5.84 Å². The summed E-state index contributed by atoms with van der Waals surface area (Å²) in [4.78, 5) is 0. The highest BCUT2D eigenvalue weighted by Crippen LogP contribution is 2.24. The van der Waals surface area contributed by atoms with Crippen LogP contribution < -0.4 is 16.5 Å². The third-order valence-corrected chi connectivity index (χ3v) is 2.57. The molecule has 1 aliphatic rings. The Morgan fingerprint density at radius 3 is 2.50 bits per heavy atom. The minimum Gasteiger partial charge on any atom is -0.288 e. The highest BCUT2D eigenvalue weighted by Gasteiger charge is 2.11. The van der Waals surface area contributed by atoms with Gasteiger partial charge in [-0.2, -0.15) is 0 Å². The third kappa shape index (κ3) is 1.92. The molecule has 0 unspecified atom stereocenters. The summed E-state index contributed by atoms with van der Waals surface area (Å²) in [6.45, 7) is 0. The van der Waals surface area contributed by atoms with Crippen molar-refractivity contribution >= 4 is 29.0 Å². The van der Waals surface area contributed by atoms with Crippen LogP contribution in [0.5, 0.6) is 0 Å². The second-order valence-corrected chi connectivity index (χ2v) is 3.61. The monoisotopic (exact) mass is 230 g/mol. The molecule has 0 fully saturated rings. The summed E-state index contributed by atoms with van der Waals surface area (Å²) in [5, 5.41) is 5.23. The molecule has 6 heteroatoms. The molecule has 2 rings (SSSR count). The molecule has 0 saturated carbocycles. The van der Waals surface area contributed by atoms with Crippen molar-refractivity contribution in [3.8, 4) is 0 Å². The molecule has 0 saturated heterocycles. The van der Waals surface area contributed by atoms with Crippen LogP contribution in [0.15, 0.2) is 23.3 Å². The zero-order chi connectivity index (χ0) is 9.97. The molecule has 0 spiro atoms. The van der Waals surface area contributed by atoms with Gasteiger partial charge < -0.3 is 0 Å². The standard InChI is InChI=1S/C8H8Cl2N4/c9-6-2-1-3-7(10)5(6)4-8-11-13-14-12-8/h1-3,13-14H,4H2,(H,11,12). The molecular formula is C8H8Cl2N4. The lowest BCUT2D eigenvalue weighted by atomic mass is 10.1. The quantitative estimate of drug-likeness (QED) is 0.722. The first kappa shape index (κ1) is 9.58. The molecule has 0 bridgehead atoms. The molecule has 1 aliphatic heterocycles. The van der Waals surface area contributed by atoms with Gasteiger partial charge in [-0.3, -0.25) is 5.43 Å². The van der Waals surface area contributed by atoms with Crippen molar-refractivity contribution in [1.29, 1.82) is 0 Å². The number of nitrogens with one attached hydrogen (secondary N) is 3. The van der Waals surface area contributed by atoms with E-state index in [2.05, 4.69) is 21.6 Å². The minimum atomic E-state index is 0.568. The highest BCUT2D eigenvalue weighted by atomic mass is 35.5. The maximum absolute atomic E-state index is 6.00. The van der Waals surface area contributed by atoms with Crippen molar-refractivity contribution in [3.63, 3.8) is 0 Å². The predicted molar refractivity (Wildman–Crippen MR) is 57.0 cm³/mol. The topological polar surface area (TPSA) is 48.5 Å². The van der Waals surface area contributed by atoms with Crippen molar-refractivity contribution in [2.45, 2.75) is 6.42 Å². The first-order valence-electron chi connectivity index (χ1n) is 4.03. The average molecular weight is 231 g/mol. The summed E-state index contributed by atoms with van der Waals surface area (Å²) in [7, 11) is 0. The van der Waals surface area contributed by atoms with Crippen molar-refractivity contribution < 1.29 is 0 Å². The van der Waals surface area contributed by atoms with E-state index >= 15 is 0 Å². The van der Waals surface area contributed by atoms with Gasteiger partial charge in [-0.05, 0) is 17.7 Å². The molecule has 1 heterocycles. The van der Waals surface area contributed by atoms with Crippen LogP contribution in [0.1, 0.15) is 5.56 Å². The number of hydrazine groups is 2. The molecule has 14 heavy (non-hydrogen) atoms. The lowest BCUT2D eigenvalue weighted by Gasteiger charge is -2.05. The van der Waals surface area contributed by atoms with Crippen LogP contribution in [-0.2, 0) is 6.42 Å². The average Bonchev–Trinajstić information content (AvgIpc) is 2.64. The number of halogens is 2. The number of hydrazone groups is 1. The van der Waals surface area contributed by atoms with Crippen LogP contribution in [0.2, 0.25) is 10.0 Å². The fraction of sp³-hybridized carbons (Fsp3) is 0.125. The van der Waals surface area contributed by atoms with Crippen molar-refractivity contribution in [1.82, 2.24) is 16.5 Å². The second kappa shape index (κ2) is 4.04. The Labute approximate surface area is 91.2 Å². The number of benzene rings is 1. The summed E-state index contributed by atoms with van der Waals surface area (Å²) in [5.41, 5.74) is 8.91. The Bertz CT molecular complexity index is 357. The fourth-order valence-electron chi connectivity index (χ4n) is 1.18. The Hall–Kier alpha value is -0.970. The van der Waals surface area contributed by atoms with Gasteiger partial charge in [0.25, 0.3) is 0 Å². The Morgan fingerprint density at radius 2 is 1.93 bits per heavy atom. The maximum atomic E-state index is 6.00. The normalized spacial score (nSPS) is 14.6. The third-order valence-electron chi connectivity index (χ3n) is 1.86. The number of hydrogen-bond donors (Lipinski definition) is 3. The number of rotatable bonds is 2. The molecule has 3 N–H and O–H groups in total. The Balaban J connectivity index is 2.23. The molecule has 0 aromatic heterocycles. The first-order chi connectivity index (χ1) is 6.77. The zero-order valence-electron chi connectivity index (χ0n) is 7.14. The van der Waals surface area contributed by atoms with E-state index < -0.39 is 0 Å². The van der Waals surface area contributed by atoms with E-state index in [0.29, 0.717) is 16.5 Å². The van der Waals surface area contributed by atoms with E-state index in [1.54, 1.807) is 12.1 Å². The largest absolute Gasteiger partial charge is 0.288 e. The van der Waals surface area contributed by atoms with Crippen LogP contribution in [0, 0.1) is 0 Å². The van der Waals surface area contributed by atoms with Gasteiger partial charge >= 0.3 is 0 Å². The lowest BCUT2D eigenvalue weighted by Crippen LogP contribution is -2.35. The van der Waals surface area contributed by atoms with Gasteiger partial charge in [0.15, 0.2) is 0 Å². The number of amidine groups is 1. The van der Waals surface area contributed by atoms with Gasteiger partial charge in [0.05, 0.1) is 0 Å². The SMILES string of the molecule is Clc1cccc(Cl)c1CC1=NNNN1. The van der Waals surface area contributed by atoms with Gasteiger partial charge in [-0.25, -0.2) is 5.53 Å². The van der Waals surface area contributed by atoms with E-state index in [4.69, 9.17) is 23.2 Å². The first-order valence-corrected chi connectivity index (χ1v) is 4.78. The van der Waals surface area contributed by atoms with Crippen molar-refractivity contribution in [2.24, 2.45) is 5.10 Å². The summed E-state index contributed by atoms with van der Waals surface area (Å²) in [6, 6.07) is 5.42. The highest BCUT2D eigenvalue weighted by molar-refractivity contribution is 6.36.